The van der Waals surface area contributed by atoms with Crippen molar-refractivity contribution < 1.29 is 9.59 Å². The maximum atomic E-state index is 12.8. The zero-order valence-electron chi connectivity index (χ0n) is 16.0. The number of carbonyl (C=O) groups excluding carboxylic acids is 2. The van der Waals surface area contributed by atoms with Crippen molar-refractivity contribution in [2.24, 2.45) is 16.5 Å². The van der Waals surface area contributed by atoms with Crippen LogP contribution in [0.2, 0.25) is 0 Å². The van der Waals surface area contributed by atoms with Gasteiger partial charge in [-0.2, -0.15) is 10.1 Å². The number of hydrogen-bond acceptors (Lipinski definition) is 6. The summed E-state index contributed by atoms with van der Waals surface area (Å²) in [7, 11) is 0. The first kappa shape index (κ1) is 22.5. The number of fused-ring (bicyclic) bond motifs is 1. The van der Waals surface area contributed by atoms with E-state index in [2.05, 4.69) is 15.1 Å². The molecule has 0 saturated carbocycles. The Balaban J connectivity index is 0.00000300. The number of amides is 2. The summed E-state index contributed by atoms with van der Waals surface area (Å²) in [6.45, 7) is 5.16. The highest BCUT2D eigenvalue weighted by Crippen LogP contribution is 2.17. The number of halogens is 1. The van der Waals surface area contributed by atoms with E-state index in [1.54, 1.807) is 21.4 Å². The Bertz CT molecular complexity index is 1140. The van der Waals surface area contributed by atoms with Gasteiger partial charge in [0, 0.05) is 25.8 Å². The third kappa shape index (κ3) is 4.78. The predicted octanol–water partition coefficient (Wildman–Crippen LogP) is 1.40. The maximum absolute atomic E-state index is 12.8. The molecule has 0 spiro atoms. The minimum absolute atomic E-state index is 0. The highest BCUT2D eigenvalue weighted by molar-refractivity contribution is 7.16. The number of pyridine rings is 1. The molecule has 4 N–H and O–H groups in total. The Hall–Kier alpha value is -2.82. The summed E-state index contributed by atoms with van der Waals surface area (Å²) < 4.78 is 4.13. The molecule has 3 aromatic rings. The van der Waals surface area contributed by atoms with Gasteiger partial charge in [0.25, 0.3) is 5.91 Å². The van der Waals surface area contributed by atoms with Crippen LogP contribution in [0, 0.1) is 6.92 Å². The van der Waals surface area contributed by atoms with Gasteiger partial charge in [0.1, 0.15) is 5.69 Å². The lowest BCUT2D eigenvalue weighted by molar-refractivity contribution is 0.0983. The zero-order chi connectivity index (χ0) is 20.3. The normalized spacial score (nSPS) is 11.9. The molecule has 0 saturated heterocycles. The van der Waals surface area contributed by atoms with Gasteiger partial charge >= 0.3 is 0 Å². The number of carbonyl (C=O) groups is 2. The molecule has 0 bridgehead atoms. The molecule has 0 aromatic carbocycles. The Labute approximate surface area is 177 Å². The van der Waals surface area contributed by atoms with Crippen LogP contribution in [0.3, 0.4) is 0 Å². The second-order valence-electron chi connectivity index (χ2n) is 6.02. The zero-order valence-corrected chi connectivity index (χ0v) is 17.7. The first-order valence-corrected chi connectivity index (χ1v) is 9.54. The smallest absolute Gasteiger partial charge is 0.297 e. The number of nitrogens with zero attached hydrogens (tertiary/aromatic N) is 5. The Morgan fingerprint density at radius 1 is 1.31 bits per heavy atom. The second kappa shape index (κ2) is 9.59. The molecule has 11 heteroatoms. The van der Waals surface area contributed by atoms with Gasteiger partial charge < -0.3 is 11.5 Å². The van der Waals surface area contributed by atoms with Crippen molar-refractivity contribution in [2.75, 3.05) is 6.54 Å². The third-order valence-corrected chi connectivity index (χ3v) is 5.03. The molecule has 0 aliphatic heterocycles. The van der Waals surface area contributed by atoms with Crippen molar-refractivity contribution in [1.82, 2.24) is 19.3 Å². The van der Waals surface area contributed by atoms with E-state index in [9.17, 15) is 9.59 Å². The van der Waals surface area contributed by atoms with Crippen molar-refractivity contribution in [3.05, 3.63) is 52.2 Å². The topological polar surface area (TPSA) is 134 Å². The average molecular weight is 436 g/mol. The molecule has 3 heterocycles. The number of allylic oxidation sites excluding steroid dienone is 1. The molecule has 3 aromatic heterocycles. The highest BCUT2D eigenvalue weighted by Gasteiger charge is 2.15. The van der Waals surface area contributed by atoms with Crippen molar-refractivity contribution in [3.63, 3.8) is 0 Å². The molecular weight excluding hydrogens is 414 g/mol. The summed E-state index contributed by atoms with van der Waals surface area (Å²) in [6.07, 6.45) is 5.11. The van der Waals surface area contributed by atoms with Gasteiger partial charge in [0.15, 0.2) is 10.4 Å². The number of aromatic nitrogens is 4. The minimum atomic E-state index is -0.561. The van der Waals surface area contributed by atoms with E-state index in [1.165, 1.54) is 17.5 Å². The van der Waals surface area contributed by atoms with Crippen LogP contribution in [-0.4, -0.2) is 37.7 Å². The van der Waals surface area contributed by atoms with Gasteiger partial charge in [0.05, 0.1) is 16.0 Å². The number of thiazole rings is 1. The Morgan fingerprint density at radius 2 is 2.07 bits per heavy atom. The lowest BCUT2D eigenvalue weighted by Gasteiger charge is -2.02. The number of rotatable bonds is 6. The third-order valence-electron chi connectivity index (χ3n) is 4.01. The standard InChI is InChI=1S/C18H21N7O2S.ClH/c1-3-25-13(8-11(2)23-25)17(27)22-18-24(7-5-4-6-19)16-14(28-18)9-12(10-21-16)15(20)26;/h4-5,8-10H,3,6-7,19H2,1-2H3,(H2,20,26);1H/b5-4+,22-18-;. The fraction of sp³-hybridized carbons (Fsp3) is 0.278. The number of hydrogen-bond donors (Lipinski definition) is 2. The van der Waals surface area contributed by atoms with E-state index >= 15 is 0 Å². The van der Waals surface area contributed by atoms with Gasteiger partial charge in [-0.3, -0.25) is 18.8 Å². The van der Waals surface area contributed by atoms with Crippen molar-refractivity contribution >= 4 is 45.9 Å². The van der Waals surface area contributed by atoms with E-state index in [1.807, 2.05) is 26.0 Å². The number of primary amides is 1. The van der Waals surface area contributed by atoms with Gasteiger partial charge in [-0.1, -0.05) is 23.5 Å². The van der Waals surface area contributed by atoms with Crippen molar-refractivity contribution in [2.45, 2.75) is 26.9 Å². The summed E-state index contributed by atoms with van der Waals surface area (Å²) in [5.74, 6) is -0.949. The summed E-state index contributed by atoms with van der Waals surface area (Å²) in [4.78, 5) is 33.3. The van der Waals surface area contributed by atoms with E-state index in [4.69, 9.17) is 11.5 Å². The van der Waals surface area contributed by atoms with Crippen molar-refractivity contribution in [1.29, 1.82) is 0 Å². The molecule has 0 atom stereocenters. The van der Waals surface area contributed by atoms with Gasteiger partial charge in [0.2, 0.25) is 5.91 Å². The molecule has 29 heavy (non-hydrogen) atoms. The SMILES string of the molecule is CCn1nc(C)cc1C(=O)/N=c1\sc2cc(C(N)=O)cnc2n1C/C=C/CN.Cl. The van der Waals surface area contributed by atoms with Crippen LogP contribution in [0.15, 0.2) is 35.5 Å². The molecule has 0 aliphatic carbocycles. The first-order valence-electron chi connectivity index (χ1n) is 8.72. The fourth-order valence-corrected chi connectivity index (χ4v) is 3.76. The Morgan fingerprint density at radius 3 is 2.72 bits per heavy atom. The Kier molecular flexibility index (Phi) is 7.43. The van der Waals surface area contributed by atoms with Gasteiger partial charge in [-0.05, 0) is 26.0 Å². The maximum Gasteiger partial charge on any atom is 0.297 e. The van der Waals surface area contributed by atoms with Crippen LogP contribution in [0.1, 0.15) is 33.5 Å². The van der Waals surface area contributed by atoms with Crippen LogP contribution >= 0.6 is 23.7 Å². The number of nitrogens with two attached hydrogens (primary N) is 2. The monoisotopic (exact) mass is 435 g/mol. The molecule has 0 unspecified atom stereocenters. The number of aryl methyl sites for hydroxylation is 2. The molecule has 0 fully saturated rings. The van der Waals surface area contributed by atoms with E-state index in [0.29, 0.717) is 46.0 Å². The van der Waals surface area contributed by atoms with Gasteiger partial charge in [-0.25, -0.2) is 4.98 Å². The molecule has 0 radical (unpaired) electrons. The fourth-order valence-electron chi connectivity index (χ4n) is 2.72. The first-order chi connectivity index (χ1) is 13.4. The summed E-state index contributed by atoms with van der Waals surface area (Å²) in [6, 6.07) is 3.37. The summed E-state index contributed by atoms with van der Waals surface area (Å²) >= 11 is 1.27. The minimum Gasteiger partial charge on any atom is -0.366 e. The largest absolute Gasteiger partial charge is 0.366 e. The second-order valence-corrected chi connectivity index (χ2v) is 7.03. The lowest BCUT2D eigenvalue weighted by atomic mass is 10.3. The van der Waals surface area contributed by atoms with Crippen LogP contribution < -0.4 is 16.3 Å². The molecule has 0 aliphatic rings. The molecule has 9 nitrogen and oxygen atoms in total. The van der Waals surface area contributed by atoms with Crippen molar-refractivity contribution in [3.8, 4) is 0 Å². The van der Waals surface area contributed by atoms with E-state index < -0.39 is 5.91 Å². The van der Waals surface area contributed by atoms with E-state index in [-0.39, 0.29) is 18.3 Å². The van der Waals surface area contributed by atoms with Crippen LogP contribution in [0.4, 0.5) is 0 Å². The van der Waals surface area contributed by atoms with Crippen LogP contribution in [0.5, 0.6) is 0 Å². The molecule has 2 amide bonds. The average Bonchev–Trinajstić information content (AvgIpc) is 3.21. The van der Waals surface area contributed by atoms with Crippen LogP contribution in [-0.2, 0) is 13.1 Å². The van der Waals surface area contributed by atoms with Crippen LogP contribution in [0.25, 0.3) is 10.3 Å². The molecular formula is C18H22ClN7O2S. The lowest BCUT2D eigenvalue weighted by Crippen LogP contribution is -2.18. The summed E-state index contributed by atoms with van der Waals surface area (Å²) in [5, 5.41) is 4.29. The predicted molar refractivity (Wildman–Crippen MR) is 114 cm³/mol. The van der Waals surface area contributed by atoms with Gasteiger partial charge in [-0.15, -0.1) is 12.4 Å². The molecule has 154 valence electrons. The molecule has 3 rings (SSSR count). The van der Waals surface area contributed by atoms with E-state index in [0.717, 1.165) is 5.69 Å². The highest BCUT2D eigenvalue weighted by atomic mass is 35.5. The summed E-state index contributed by atoms with van der Waals surface area (Å²) in [5.41, 5.74) is 13.0. The quantitative estimate of drug-likeness (QED) is 0.564.